The van der Waals surface area contributed by atoms with E-state index in [-0.39, 0.29) is 12.2 Å². The lowest BCUT2D eigenvalue weighted by Gasteiger charge is -2.27. The van der Waals surface area contributed by atoms with E-state index in [4.69, 9.17) is 4.74 Å². The summed E-state index contributed by atoms with van der Waals surface area (Å²) >= 11 is 0. The van der Waals surface area contributed by atoms with Crippen molar-refractivity contribution in [2.75, 3.05) is 6.61 Å². The Morgan fingerprint density at radius 2 is 1.47 bits per heavy atom. The van der Waals surface area contributed by atoms with Crippen LogP contribution in [0.1, 0.15) is 74.1 Å². The minimum absolute atomic E-state index is 0.0123. The number of allylic oxidation sites excluding steroid dienone is 4. The normalized spacial score (nSPS) is 19.8. The Kier molecular flexibility index (Phi) is 9.23. The Balaban J connectivity index is 1.48. The van der Waals surface area contributed by atoms with Gasteiger partial charge in [0.2, 0.25) is 0 Å². The van der Waals surface area contributed by atoms with E-state index < -0.39 is 6.11 Å². The summed E-state index contributed by atoms with van der Waals surface area (Å²) in [6.07, 6.45) is 12.4. The van der Waals surface area contributed by atoms with Crippen LogP contribution in [-0.2, 0) is 23.7 Å². The maximum Gasteiger partial charge on any atom is 0.383 e. The summed E-state index contributed by atoms with van der Waals surface area (Å²) in [5.41, 5.74) is 3.37. The monoisotopic (exact) mass is 438 g/mol. The van der Waals surface area contributed by atoms with Gasteiger partial charge in [-0.15, -0.1) is 0 Å². The summed E-state index contributed by atoms with van der Waals surface area (Å²) in [6.45, 7) is 4.07. The van der Waals surface area contributed by atoms with Crippen LogP contribution in [0.5, 0.6) is 0 Å². The fraction of sp³-hybridized carbons (Fsp3) is 0.448. The van der Waals surface area contributed by atoms with Crippen molar-refractivity contribution in [2.45, 2.75) is 70.8 Å². The third-order valence-corrected chi connectivity index (χ3v) is 6.49. The molecular formula is C29H36F2O. The molecule has 0 aromatic heterocycles. The van der Waals surface area contributed by atoms with Crippen LogP contribution in [0.3, 0.4) is 0 Å². The van der Waals surface area contributed by atoms with Crippen molar-refractivity contribution in [1.29, 1.82) is 0 Å². The number of aryl methyl sites for hydroxylation is 1. The van der Waals surface area contributed by atoms with E-state index in [1.807, 2.05) is 31.2 Å². The van der Waals surface area contributed by atoms with Gasteiger partial charge in [0.15, 0.2) is 0 Å². The molecule has 0 bridgehead atoms. The highest BCUT2D eigenvalue weighted by molar-refractivity contribution is 5.28. The van der Waals surface area contributed by atoms with Crippen molar-refractivity contribution in [3.05, 3.63) is 95.1 Å². The van der Waals surface area contributed by atoms with E-state index in [2.05, 4.69) is 43.4 Å². The molecule has 1 aliphatic carbocycles. The molecule has 3 heteroatoms. The first-order valence-electron chi connectivity index (χ1n) is 12.0. The van der Waals surface area contributed by atoms with Crippen molar-refractivity contribution in [3.63, 3.8) is 0 Å². The first-order valence-corrected chi connectivity index (χ1v) is 12.0. The zero-order valence-corrected chi connectivity index (χ0v) is 19.4. The number of benzene rings is 2. The molecule has 2 aromatic carbocycles. The van der Waals surface area contributed by atoms with E-state index in [9.17, 15) is 8.78 Å². The summed E-state index contributed by atoms with van der Waals surface area (Å²) in [4.78, 5) is 0. The van der Waals surface area contributed by atoms with E-state index >= 15 is 0 Å². The number of alkyl halides is 2. The average molecular weight is 439 g/mol. The highest BCUT2D eigenvalue weighted by Gasteiger charge is 2.33. The zero-order chi connectivity index (χ0) is 22.8. The number of ether oxygens (including phenoxy) is 1. The quantitative estimate of drug-likeness (QED) is 0.339. The molecule has 1 aliphatic rings. The van der Waals surface area contributed by atoms with E-state index in [0.29, 0.717) is 18.3 Å². The van der Waals surface area contributed by atoms with Gasteiger partial charge in [-0.2, -0.15) is 8.78 Å². The standard InChI is InChI=1S/C29H36F2O/c1-3-5-6-8-24-9-11-25(12-10-24)21-22-32-29(30,31)28-19-17-27(18-20-28)26-15-13-23(7-4-2)14-16-26/h3-5,7,9-12,17-20,23,26H,6,8,13-16,21-22H2,1-2H3/b5-3+,7-4+/t23-,26-. The molecule has 0 heterocycles. The highest BCUT2D eigenvalue weighted by atomic mass is 19.3. The Bertz CT molecular complexity index is 857. The Morgan fingerprint density at radius 1 is 0.844 bits per heavy atom. The minimum atomic E-state index is -3.27. The van der Waals surface area contributed by atoms with Crippen LogP contribution in [-0.4, -0.2) is 6.61 Å². The molecule has 1 nitrogen and oxygen atoms in total. The molecule has 172 valence electrons. The number of halogens is 2. The van der Waals surface area contributed by atoms with E-state index in [1.165, 1.54) is 30.5 Å². The maximum absolute atomic E-state index is 14.6. The van der Waals surface area contributed by atoms with E-state index in [1.54, 1.807) is 0 Å². The molecule has 0 amide bonds. The summed E-state index contributed by atoms with van der Waals surface area (Å²) in [7, 11) is 0. The SMILES string of the molecule is C/C=C/CCc1ccc(CCOC(F)(F)c2ccc([C@H]3CC[C@H](/C=C/C)CC3)cc2)cc1. The topological polar surface area (TPSA) is 9.23 Å². The molecule has 0 atom stereocenters. The fourth-order valence-electron chi connectivity index (χ4n) is 4.54. The maximum atomic E-state index is 14.6. The third kappa shape index (κ3) is 7.13. The van der Waals surface area contributed by atoms with Gasteiger partial charge in [-0.1, -0.05) is 72.8 Å². The van der Waals surface area contributed by atoms with Gasteiger partial charge in [-0.3, -0.25) is 0 Å². The van der Waals surface area contributed by atoms with Crippen LogP contribution in [0, 0.1) is 5.92 Å². The van der Waals surface area contributed by atoms with Gasteiger partial charge in [-0.25, -0.2) is 0 Å². The smallest absolute Gasteiger partial charge is 0.316 e. The predicted octanol–water partition coefficient (Wildman–Crippen LogP) is 8.35. The molecule has 1 saturated carbocycles. The van der Waals surface area contributed by atoms with Crippen LogP contribution >= 0.6 is 0 Å². The summed E-state index contributed by atoms with van der Waals surface area (Å²) in [5, 5.41) is 0. The first-order chi connectivity index (χ1) is 15.5. The van der Waals surface area contributed by atoms with E-state index in [0.717, 1.165) is 36.8 Å². The molecule has 0 aliphatic heterocycles. The van der Waals surface area contributed by atoms with Gasteiger partial charge in [0.05, 0.1) is 12.2 Å². The Labute approximate surface area is 192 Å². The molecular weight excluding hydrogens is 402 g/mol. The molecule has 32 heavy (non-hydrogen) atoms. The second-order valence-corrected chi connectivity index (χ2v) is 8.80. The van der Waals surface area contributed by atoms with Gasteiger partial charge in [0, 0.05) is 0 Å². The number of rotatable bonds is 10. The van der Waals surface area contributed by atoms with Crippen molar-refractivity contribution in [1.82, 2.24) is 0 Å². The molecule has 0 unspecified atom stereocenters. The third-order valence-electron chi connectivity index (χ3n) is 6.49. The first kappa shape index (κ1) is 24.4. The summed E-state index contributed by atoms with van der Waals surface area (Å²) in [6, 6.07) is 14.9. The van der Waals surface area contributed by atoms with Crippen molar-refractivity contribution >= 4 is 0 Å². The molecule has 3 rings (SSSR count). The molecule has 1 fully saturated rings. The molecule has 0 N–H and O–H groups in total. The van der Waals surface area contributed by atoms with Crippen LogP contribution < -0.4 is 0 Å². The van der Waals surface area contributed by atoms with Gasteiger partial charge in [-0.05, 0) is 87.3 Å². The molecule has 0 saturated heterocycles. The van der Waals surface area contributed by atoms with Gasteiger partial charge in [0.1, 0.15) is 0 Å². The largest absolute Gasteiger partial charge is 0.383 e. The second-order valence-electron chi connectivity index (χ2n) is 8.80. The zero-order valence-electron chi connectivity index (χ0n) is 19.4. The summed E-state index contributed by atoms with van der Waals surface area (Å²) < 4.78 is 34.1. The molecule has 0 radical (unpaired) electrons. The second kappa shape index (κ2) is 12.1. The Hall–Kier alpha value is -2.26. The van der Waals surface area contributed by atoms with Crippen LogP contribution in [0.15, 0.2) is 72.8 Å². The fourth-order valence-corrected chi connectivity index (χ4v) is 4.54. The van der Waals surface area contributed by atoms with Crippen LogP contribution in [0.4, 0.5) is 8.78 Å². The van der Waals surface area contributed by atoms with Gasteiger partial charge in [0.25, 0.3) is 0 Å². The number of hydrogen-bond donors (Lipinski definition) is 0. The highest BCUT2D eigenvalue weighted by Crippen LogP contribution is 2.37. The van der Waals surface area contributed by atoms with Crippen molar-refractivity contribution < 1.29 is 13.5 Å². The van der Waals surface area contributed by atoms with Crippen molar-refractivity contribution in [2.24, 2.45) is 5.92 Å². The van der Waals surface area contributed by atoms with Crippen LogP contribution in [0.2, 0.25) is 0 Å². The predicted molar refractivity (Wildman–Crippen MR) is 129 cm³/mol. The molecule has 0 spiro atoms. The number of hydrogen-bond acceptors (Lipinski definition) is 1. The molecule has 2 aromatic rings. The van der Waals surface area contributed by atoms with Crippen molar-refractivity contribution in [3.8, 4) is 0 Å². The lowest BCUT2D eigenvalue weighted by Crippen LogP contribution is -2.20. The lowest BCUT2D eigenvalue weighted by molar-refractivity contribution is -0.248. The lowest BCUT2D eigenvalue weighted by atomic mass is 9.78. The van der Waals surface area contributed by atoms with Gasteiger partial charge < -0.3 is 4.74 Å². The minimum Gasteiger partial charge on any atom is -0.316 e. The Morgan fingerprint density at radius 3 is 2.06 bits per heavy atom. The average Bonchev–Trinajstić information content (AvgIpc) is 2.81. The summed E-state index contributed by atoms with van der Waals surface area (Å²) in [5.74, 6) is 1.14. The van der Waals surface area contributed by atoms with Crippen LogP contribution in [0.25, 0.3) is 0 Å². The van der Waals surface area contributed by atoms with Gasteiger partial charge >= 0.3 is 6.11 Å².